The predicted octanol–water partition coefficient (Wildman–Crippen LogP) is 3.58. The number of nitrogens with zero attached hydrogens (tertiary/aromatic N) is 3. The molecule has 0 saturated heterocycles. The molecule has 7 nitrogen and oxygen atoms in total. The van der Waals surface area contributed by atoms with Crippen molar-refractivity contribution in [2.45, 2.75) is 19.8 Å². The summed E-state index contributed by atoms with van der Waals surface area (Å²) in [5.74, 6) is -0.0811. The second-order valence-electron chi connectivity index (χ2n) is 6.35. The van der Waals surface area contributed by atoms with E-state index in [9.17, 15) is 9.59 Å². The monoisotopic (exact) mass is 393 g/mol. The molecule has 0 bridgehead atoms. The first kappa shape index (κ1) is 18.1. The molecule has 0 spiro atoms. The Labute approximate surface area is 165 Å². The fraction of sp³-hybridized carbons (Fsp3) is 0.200. The highest BCUT2D eigenvalue weighted by atomic mass is 32.1. The number of hydrogen-bond donors (Lipinski definition) is 2. The first-order chi connectivity index (χ1) is 13.7. The number of carbonyl (C=O) groups excluding carboxylic acids is 1. The molecule has 2 N–H and O–H groups in total. The Bertz CT molecular complexity index is 1200. The molecule has 1 amide bonds. The fourth-order valence-electron chi connectivity index (χ4n) is 2.81. The summed E-state index contributed by atoms with van der Waals surface area (Å²) in [5.41, 5.74) is 1.85. The number of benzene rings is 2. The molecule has 142 valence electrons. The van der Waals surface area contributed by atoms with Gasteiger partial charge in [0.15, 0.2) is 0 Å². The van der Waals surface area contributed by atoms with E-state index >= 15 is 0 Å². The number of anilines is 2. The minimum Gasteiger partial charge on any atom is -0.352 e. The molecule has 0 unspecified atom stereocenters. The van der Waals surface area contributed by atoms with Crippen molar-refractivity contribution in [3.63, 3.8) is 0 Å². The minimum atomic E-state index is -0.191. The predicted molar refractivity (Wildman–Crippen MR) is 112 cm³/mol. The topological polar surface area (TPSA) is 88.4 Å². The van der Waals surface area contributed by atoms with Crippen molar-refractivity contribution in [1.82, 2.24) is 19.9 Å². The van der Waals surface area contributed by atoms with E-state index in [2.05, 4.69) is 27.6 Å². The van der Waals surface area contributed by atoms with E-state index < -0.39 is 0 Å². The molecule has 4 rings (SSSR count). The van der Waals surface area contributed by atoms with E-state index in [0.717, 1.165) is 18.5 Å². The number of amides is 1. The standard InChI is InChI=1S/C20H19N5O2S/c1-2-3-12-21-17(26)13-8-10-14(11-9-13)22-19-24-25-18(27)15-6-4-5-7-16(15)23-20(25)28-19/h4-11H,2-3,12H2,1H3,(H,21,26)(H,22,24). The number of rotatable bonds is 6. The summed E-state index contributed by atoms with van der Waals surface area (Å²) in [5, 5.41) is 11.5. The lowest BCUT2D eigenvalue weighted by Gasteiger charge is -2.06. The molecule has 28 heavy (non-hydrogen) atoms. The van der Waals surface area contributed by atoms with E-state index in [1.807, 2.05) is 30.3 Å². The van der Waals surface area contributed by atoms with Gasteiger partial charge in [0, 0.05) is 17.8 Å². The van der Waals surface area contributed by atoms with Gasteiger partial charge in [-0.1, -0.05) is 36.8 Å². The highest BCUT2D eigenvalue weighted by Crippen LogP contribution is 2.23. The number of carbonyl (C=O) groups is 1. The number of para-hydroxylation sites is 1. The lowest BCUT2D eigenvalue weighted by Crippen LogP contribution is -2.24. The third-order valence-electron chi connectivity index (χ3n) is 4.32. The molecule has 8 heteroatoms. The molecule has 0 aliphatic heterocycles. The van der Waals surface area contributed by atoms with E-state index in [4.69, 9.17) is 0 Å². The van der Waals surface area contributed by atoms with Crippen molar-refractivity contribution in [3.8, 4) is 0 Å². The number of aromatic nitrogens is 3. The second kappa shape index (κ2) is 7.77. The van der Waals surface area contributed by atoms with Crippen LogP contribution in [0.3, 0.4) is 0 Å². The van der Waals surface area contributed by atoms with Crippen LogP contribution in [0.4, 0.5) is 10.8 Å². The Morgan fingerprint density at radius 1 is 1.14 bits per heavy atom. The summed E-state index contributed by atoms with van der Waals surface area (Å²) >= 11 is 1.30. The summed E-state index contributed by atoms with van der Waals surface area (Å²) in [6.45, 7) is 2.76. The van der Waals surface area contributed by atoms with E-state index in [-0.39, 0.29) is 11.5 Å². The van der Waals surface area contributed by atoms with Crippen LogP contribution in [0.15, 0.2) is 53.3 Å². The van der Waals surface area contributed by atoms with E-state index in [1.165, 1.54) is 15.9 Å². The summed E-state index contributed by atoms with van der Waals surface area (Å²) in [4.78, 5) is 29.7. The van der Waals surface area contributed by atoms with Crippen molar-refractivity contribution in [2.75, 3.05) is 11.9 Å². The third-order valence-corrected chi connectivity index (χ3v) is 5.14. The van der Waals surface area contributed by atoms with Crippen molar-refractivity contribution >= 4 is 43.9 Å². The lowest BCUT2D eigenvalue weighted by molar-refractivity contribution is 0.0953. The summed E-state index contributed by atoms with van der Waals surface area (Å²) < 4.78 is 1.31. The Morgan fingerprint density at radius 3 is 2.71 bits per heavy atom. The Morgan fingerprint density at radius 2 is 1.93 bits per heavy atom. The molecule has 0 fully saturated rings. The van der Waals surface area contributed by atoms with Gasteiger partial charge in [-0.05, 0) is 42.8 Å². The molecule has 0 radical (unpaired) electrons. The van der Waals surface area contributed by atoms with Crippen LogP contribution < -0.4 is 16.2 Å². The van der Waals surface area contributed by atoms with Crippen LogP contribution in [0.25, 0.3) is 15.9 Å². The van der Waals surface area contributed by atoms with Crippen molar-refractivity contribution in [2.24, 2.45) is 0 Å². The molecular weight excluding hydrogens is 374 g/mol. The van der Waals surface area contributed by atoms with Gasteiger partial charge in [-0.2, -0.15) is 4.52 Å². The minimum absolute atomic E-state index is 0.0811. The average Bonchev–Trinajstić information content (AvgIpc) is 3.11. The highest BCUT2D eigenvalue weighted by molar-refractivity contribution is 7.20. The number of unbranched alkanes of at least 4 members (excludes halogenated alkanes) is 1. The SMILES string of the molecule is CCCCNC(=O)c1ccc(Nc2nn3c(=O)c4ccccc4nc3s2)cc1. The summed E-state index contributed by atoms with van der Waals surface area (Å²) in [6.07, 6.45) is 2.00. The highest BCUT2D eigenvalue weighted by Gasteiger charge is 2.11. The van der Waals surface area contributed by atoms with Crippen LogP contribution >= 0.6 is 11.3 Å². The van der Waals surface area contributed by atoms with Gasteiger partial charge in [-0.3, -0.25) is 9.59 Å². The van der Waals surface area contributed by atoms with Crippen LogP contribution in [0.2, 0.25) is 0 Å². The molecule has 0 atom stereocenters. The zero-order chi connectivity index (χ0) is 19.5. The van der Waals surface area contributed by atoms with Crippen molar-refractivity contribution < 1.29 is 4.79 Å². The quantitative estimate of drug-likeness (QED) is 0.489. The second-order valence-corrected chi connectivity index (χ2v) is 7.30. The van der Waals surface area contributed by atoms with Crippen LogP contribution in [0, 0.1) is 0 Å². The molecule has 2 heterocycles. The van der Waals surface area contributed by atoms with Gasteiger partial charge < -0.3 is 10.6 Å². The smallest absolute Gasteiger partial charge is 0.283 e. The summed E-state index contributed by atoms with van der Waals surface area (Å²) in [7, 11) is 0. The van der Waals surface area contributed by atoms with E-state index in [1.54, 1.807) is 18.2 Å². The van der Waals surface area contributed by atoms with Crippen LogP contribution in [-0.4, -0.2) is 27.0 Å². The number of hydrogen-bond acceptors (Lipinski definition) is 6. The van der Waals surface area contributed by atoms with Gasteiger partial charge in [-0.25, -0.2) is 4.98 Å². The average molecular weight is 393 g/mol. The van der Waals surface area contributed by atoms with Crippen molar-refractivity contribution in [1.29, 1.82) is 0 Å². The van der Waals surface area contributed by atoms with Gasteiger partial charge in [0.25, 0.3) is 11.5 Å². The Kier molecular flexibility index (Phi) is 5.03. The van der Waals surface area contributed by atoms with Gasteiger partial charge in [0.2, 0.25) is 10.1 Å². The molecular formula is C20H19N5O2S. The molecule has 0 aliphatic rings. The first-order valence-electron chi connectivity index (χ1n) is 9.09. The maximum absolute atomic E-state index is 12.6. The number of fused-ring (bicyclic) bond motifs is 2. The number of nitrogens with one attached hydrogen (secondary N) is 2. The maximum atomic E-state index is 12.6. The van der Waals surface area contributed by atoms with Crippen LogP contribution in [0.1, 0.15) is 30.1 Å². The van der Waals surface area contributed by atoms with Gasteiger partial charge >= 0.3 is 0 Å². The zero-order valence-electron chi connectivity index (χ0n) is 15.3. The van der Waals surface area contributed by atoms with Gasteiger partial charge in [-0.15, -0.1) is 5.10 Å². The Balaban J connectivity index is 1.55. The van der Waals surface area contributed by atoms with Gasteiger partial charge in [0.05, 0.1) is 10.9 Å². The Hall–Kier alpha value is -3.26. The maximum Gasteiger partial charge on any atom is 0.283 e. The normalized spacial score (nSPS) is 11.0. The molecule has 0 saturated carbocycles. The van der Waals surface area contributed by atoms with Crippen LogP contribution in [0.5, 0.6) is 0 Å². The van der Waals surface area contributed by atoms with Crippen molar-refractivity contribution in [3.05, 3.63) is 64.4 Å². The molecule has 0 aliphatic carbocycles. The first-order valence-corrected chi connectivity index (χ1v) is 9.91. The largest absolute Gasteiger partial charge is 0.352 e. The molecule has 4 aromatic rings. The third kappa shape index (κ3) is 3.59. The zero-order valence-corrected chi connectivity index (χ0v) is 16.1. The van der Waals surface area contributed by atoms with Crippen LogP contribution in [-0.2, 0) is 0 Å². The molecule has 2 aromatic heterocycles. The fourth-order valence-corrected chi connectivity index (χ4v) is 3.63. The molecule has 2 aromatic carbocycles. The van der Waals surface area contributed by atoms with Gasteiger partial charge in [0.1, 0.15) is 0 Å². The van der Waals surface area contributed by atoms with E-state index in [0.29, 0.717) is 33.1 Å². The lowest BCUT2D eigenvalue weighted by atomic mass is 10.2. The summed E-state index contributed by atoms with van der Waals surface area (Å²) in [6, 6.07) is 14.4.